The Balaban J connectivity index is 0.00000611. The van der Waals surface area contributed by atoms with Gasteiger partial charge in [0.2, 0.25) is 0 Å². The van der Waals surface area contributed by atoms with Gasteiger partial charge in [0.1, 0.15) is 5.82 Å². The fraction of sp³-hybridized carbons (Fsp3) is 0.194. The monoisotopic (exact) mass is 1130 g/mol. The van der Waals surface area contributed by atoms with E-state index in [2.05, 4.69) is 277 Å². The van der Waals surface area contributed by atoms with Gasteiger partial charge in [-0.05, 0) is 92.2 Å². The van der Waals surface area contributed by atoms with Crippen molar-refractivity contribution in [2.24, 2.45) is 0 Å². The van der Waals surface area contributed by atoms with E-state index in [0.29, 0.717) is 11.5 Å². The Kier molecular flexibility index (Phi) is 12.9. The summed E-state index contributed by atoms with van der Waals surface area (Å²) < 4.78 is 9.00. The summed E-state index contributed by atoms with van der Waals surface area (Å²) in [5.74, 6) is 2.03. The average Bonchev–Trinajstić information content (AvgIpc) is 3.94. The quantitative estimate of drug-likeness (QED) is 0.121. The van der Waals surface area contributed by atoms with Crippen LogP contribution >= 0.6 is 0 Å². The molecular weight excluding hydrogens is 1070 g/mol. The molecule has 1 aliphatic rings. The van der Waals surface area contributed by atoms with Gasteiger partial charge < -0.3 is 19.1 Å². The molecule has 8 aromatic carbocycles. The third-order valence-electron chi connectivity index (χ3n) is 15.2. The molecule has 0 unspecified atom stereocenters. The van der Waals surface area contributed by atoms with Crippen molar-refractivity contribution in [3.8, 4) is 17.3 Å². The zero-order valence-electron chi connectivity index (χ0n) is 43.1. The molecule has 0 bridgehead atoms. The van der Waals surface area contributed by atoms with E-state index >= 15 is 0 Å². The molecule has 2 aromatic heterocycles. The van der Waals surface area contributed by atoms with E-state index < -0.39 is 0 Å². The van der Waals surface area contributed by atoms with Gasteiger partial charge >= 0.3 is 0 Å². The van der Waals surface area contributed by atoms with Crippen LogP contribution in [0.3, 0.4) is 0 Å². The van der Waals surface area contributed by atoms with Crippen LogP contribution in [0.1, 0.15) is 101 Å². The fourth-order valence-electron chi connectivity index (χ4n) is 10.7. The molecule has 11 rings (SSSR count). The van der Waals surface area contributed by atoms with E-state index in [-0.39, 0.29) is 42.7 Å². The van der Waals surface area contributed by atoms with Gasteiger partial charge in [0.05, 0.1) is 0 Å². The van der Waals surface area contributed by atoms with E-state index in [1.807, 2.05) is 18.3 Å². The second-order valence-electron chi connectivity index (χ2n) is 21.9. The van der Waals surface area contributed by atoms with Crippen LogP contribution in [0.25, 0.3) is 27.6 Å². The molecule has 0 N–H and O–H groups in total. The maximum atomic E-state index is 6.80. The minimum absolute atomic E-state index is 0. The minimum Gasteiger partial charge on any atom is -0.509 e. The summed E-state index contributed by atoms with van der Waals surface area (Å²) in [7, 11) is 0. The number of hydrogen-bond donors (Lipinski definition) is 0. The number of benzene rings is 8. The molecule has 0 atom stereocenters. The first-order valence-corrected chi connectivity index (χ1v) is 25.1. The van der Waals surface area contributed by atoms with Gasteiger partial charge in [0.15, 0.2) is 0 Å². The minimum atomic E-state index is -0.356. The van der Waals surface area contributed by atoms with E-state index in [1.54, 1.807) is 0 Å². The van der Waals surface area contributed by atoms with Gasteiger partial charge in [-0.3, -0.25) is 0 Å². The van der Waals surface area contributed by atoms with Crippen LogP contribution in [0.5, 0.6) is 11.5 Å². The number of nitrogens with zero attached hydrogens (tertiary/aromatic N) is 4. The summed E-state index contributed by atoms with van der Waals surface area (Å²) >= 11 is 0. The van der Waals surface area contributed by atoms with E-state index in [9.17, 15) is 0 Å². The van der Waals surface area contributed by atoms with Crippen molar-refractivity contribution >= 4 is 44.6 Å². The van der Waals surface area contributed by atoms with Crippen LogP contribution in [-0.4, -0.2) is 9.55 Å². The Bertz CT molecular complexity index is 3610. The number of para-hydroxylation sites is 1. The molecule has 0 aliphatic carbocycles. The molecule has 5 nitrogen and oxygen atoms in total. The normalized spacial score (nSPS) is 13.1. The molecule has 10 aromatic rings. The Morgan fingerprint density at radius 1 is 0.452 bits per heavy atom. The zero-order valence-corrected chi connectivity index (χ0v) is 45.4. The summed E-state index contributed by atoms with van der Waals surface area (Å²) in [5, 5.41) is 2.22. The third kappa shape index (κ3) is 8.97. The summed E-state index contributed by atoms with van der Waals surface area (Å²) in [5.41, 5.74) is 13.8. The number of anilines is 4. The van der Waals surface area contributed by atoms with Crippen molar-refractivity contribution < 1.29 is 25.8 Å². The van der Waals surface area contributed by atoms with Gasteiger partial charge in [0.25, 0.3) is 0 Å². The standard InChI is InChI=1S/C67H61N4O.Pt/c1-64(2,3)49-37-38-68-63(40-49)71-59-34-20-19-33-55(59)56-36-35-54(42-60(56)71)72-53-32-22-31-52(41-53)70-45-69(51-30-21-29-50(39-51)65(4,5)46-23-13-10-14-24-46)61-43-57(66(6,7)47-25-15-11-16-26-47)58(44-62(61)70)67(8,9)48-27-17-12-18-28-48;/h10-40,43-45H,1-9H3;/q-3;. The molecular formula is C67H61N4OPt-3. The maximum absolute atomic E-state index is 6.80. The smallest absolute Gasteiger partial charge is 0.135 e. The Morgan fingerprint density at radius 2 is 1.00 bits per heavy atom. The largest absolute Gasteiger partial charge is 0.509 e. The fourth-order valence-corrected chi connectivity index (χ4v) is 10.7. The number of hydrogen-bond acceptors (Lipinski definition) is 4. The summed E-state index contributed by atoms with van der Waals surface area (Å²) in [4.78, 5) is 9.53. The topological polar surface area (TPSA) is 33.5 Å². The van der Waals surface area contributed by atoms with Crippen LogP contribution in [0.4, 0.5) is 22.7 Å². The number of pyridine rings is 1. The number of ether oxygens (including phenoxy) is 1. The molecule has 0 radical (unpaired) electrons. The predicted molar refractivity (Wildman–Crippen MR) is 299 cm³/mol. The molecule has 6 heteroatoms. The van der Waals surface area contributed by atoms with Gasteiger partial charge in [-0.25, -0.2) is 4.98 Å². The van der Waals surface area contributed by atoms with Gasteiger partial charge in [-0.2, -0.15) is 12.1 Å². The second kappa shape index (κ2) is 19.0. The van der Waals surface area contributed by atoms with Crippen molar-refractivity contribution in [3.05, 3.63) is 258 Å². The van der Waals surface area contributed by atoms with E-state index in [4.69, 9.17) is 9.72 Å². The summed E-state index contributed by atoms with van der Waals surface area (Å²) in [6.45, 7) is 23.0. The van der Waals surface area contributed by atoms with Crippen LogP contribution in [0, 0.1) is 18.8 Å². The first-order chi connectivity index (χ1) is 34.6. The molecule has 73 heavy (non-hydrogen) atoms. The molecule has 3 heterocycles. The summed E-state index contributed by atoms with van der Waals surface area (Å²) in [6, 6.07) is 77.0. The zero-order chi connectivity index (χ0) is 50.0. The first kappa shape index (κ1) is 49.4. The molecule has 0 saturated heterocycles. The molecule has 0 amide bonds. The summed E-state index contributed by atoms with van der Waals surface area (Å²) in [6.07, 6.45) is 1.91. The van der Waals surface area contributed by atoms with Crippen LogP contribution in [0.15, 0.2) is 200 Å². The van der Waals surface area contributed by atoms with Gasteiger partial charge in [-0.15, -0.1) is 48.1 Å². The number of rotatable bonds is 11. The molecule has 0 saturated carbocycles. The van der Waals surface area contributed by atoms with Crippen molar-refractivity contribution in [1.29, 1.82) is 0 Å². The van der Waals surface area contributed by atoms with Crippen LogP contribution in [0.2, 0.25) is 0 Å². The average molecular weight is 1130 g/mol. The SMILES string of the molecule is CC(C)(C)c1ccnc(-n2c3[c-]c(Oc4[c-]c(N5[CH-]N(c6cccc(C(C)(C)c7ccccc7)c6)c6cc(C(C)(C)c7ccccc7)c(C(C)(C)c7ccccc7)cc65)ccc4)ccc3c3ccccc32)c1.[Pt]. The predicted octanol–water partition coefficient (Wildman–Crippen LogP) is 17.3. The van der Waals surface area contributed by atoms with Crippen LogP contribution < -0.4 is 14.5 Å². The second-order valence-corrected chi connectivity index (χ2v) is 21.9. The Morgan fingerprint density at radius 3 is 1.63 bits per heavy atom. The van der Waals surface area contributed by atoms with Crippen molar-refractivity contribution in [2.75, 3.05) is 9.80 Å². The number of fused-ring (bicyclic) bond motifs is 4. The van der Waals surface area contributed by atoms with Gasteiger partial charge in [-0.1, -0.05) is 189 Å². The third-order valence-corrected chi connectivity index (χ3v) is 15.2. The van der Waals surface area contributed by atoms with E-state index in [1.165, 1.54) is 38.9 Å². The van der Waals surface area contributed by atoms with E-state index in [0.717, 1.165) is 50.4 Å². The number of aromatic nitrogens is 2. The molecule has 368 valence electrons. The van der Waals surface area contributed by atoms with Crippen molar-refractivity contribution in [2.45, 2.75) is 84.0 Å². The molecule has 0 fully saturated rings. The van der Waals surface area contributed by atoms with Crippen molar-refractivity contribution in [1.82, 2.24) is 9.55 Å². The first-order valence-electron chi connectivity index (χ1n) is 25.1. The van der Waals surface area contributed by atoms with Crippen LogP contribution in [-0.2, 0) is 42.7 Å². The van der Waals surface area contributed by atoms with Gasteiger partial charge in [0, 0.05) is 77.6 Å². The molecule has 0 spiro atoms. The van der Waals surface area contributed by atoms with Crippen molar-refractivity contribution in [3.63, 3.8) is 0 Å². The Hall–Kier alpha value is -7.20. The maximum Gasteiger partial charge on any atom is 0.135 e. The Labute approximate surface area is 446 Å². The molecule has 1 aliphatic heterocycles.